The summed E-state index contributed by atoms with van der Waals surface area (Å²) in [5.41, 5.74) is 1.30. The van der Waals surface area contributed by atoms with Gasteiger partial charge in [0.25, 0.3) is 5.56 Å². The van der Waals surface area contributed by atoms with Gasteiger partial charge >= 0.3 is 5.69 Å². The van der Waals surface area contributed by atoms with Crippen molar-refractivity contribution in [2.75, 3.05) is 5.32 Å². The zero-order chi connectivity index (χ0) is 22.0. The molecule has 31 heavy (non-hydrogen) atoms. The largest absolute Gasteiger partial charge is 0.332 e. The number of benzene rings is 2. The molecular weight excluding hydrogens is 399 g/mol. The van der Waals surface area contributed by atoms with Crippen molar-refractivity contribution in [1.82, 2.24) is 14.1 Å². The van der Waals surface area contributed by atoms with Crippen LogP contribution >= 0.6 is 0 Å². The Labute approximate surface area is 176 Å². The lowest BCUT2D eigenvalue weighted by Gasteiger charge is -2.14. The predicted octanol–water partition coefficient (Wildman–Crippen LogP) is 2.69. The first kappa shape index (κ1) is 20.2. The Morgan fingerprint density at radius 2 is 1.81 bits per heavy atom. The van der Waals surface area contributed by atoms with Crippen LogP contribution in [0, 0.1) is 12.7 Å². The minimum absolute atomic E-state index is 0.0516. The lowest BCUT2D eigenvalue weighted by Crippen LogP contribution is -2.42. The van der Waals surface area contributed by atoms with Gasteiger partial charge in [0.1, 0.15) is 12.4 Å². The molecule has 8 heteroatoms. The molecule has 0 radical (unpaired) electrons. The van der Waals surface area contributed by atoms with Crippen LogP contribution in [0.5, 0.6) is 0 Å². The molecule has 0 spiro atoms. The number of fused-ring (bicyclic) bond motifs is 1. The zero-order valence-electron chi connectivity index (χ0n) is 16.7. The third-order valence-electron chi connectivity index (χ3n) is 4.86. The molecule has 1 N–H and O–H groups in total. The monoisotopic (exact) mass is 418 g/mol. The van der Waals surface area contributed by atoms with Gasteiger partial charge in [-0.15, -0.1) is 0 Å². The number of carbonyl (C=O) groups excluding carboxylic acids is 1. The number of pyridine rings is 1. The minimum Gasteiger partial charge on any atom is -0.324 e. The maximum Gasteiger partial charge on any atom is 0.332 e. The lowest BCUT2D eigenvalue weighted by atomic mass is 10.1. The van der Waals surface area contributed by atoms with Gasteiger partial charge in [-0.3, -0.25) is 18.7 Å². The lowest BCUT2D eigenvalue weighted by molar-refractivity contribution is -0.116. The van der Waals surface area contributed by atoms with E-state index in [-0.39, 0.29) is 29.8 Å². The van der Waals surface area contributed by atoms with Crippen LogP contribution in [0.3, 0.4) is 0 Å². The van der Waals surface area contributed by atoms with Crippen molar-refractivity contribution in [2.24, 2.45) is 0 Å². The molecule has 2 heterocycles. The normalized spacial score (nSPS) is 10.9. The summed E-state index contributed by atoms with van der Waals surface area (Å²) in [6, 6.07) is 16.1. The van der Waals surface area contributed by atoms with Gasteiger partial charge in [-0.1, -0.05) is 35.9 Å². The second-order valence-corrected chi connectivity index (χ2v) is 7.18. The first-order chi connectivity index (χ1) is 14.9. The summed E-state index contributed by atoms with van der Waals surface area (Å²) in [6.07, 6.45) is 1.46. The Kier molecular flexibility index (Phi) is 5.44. The van der Waals surface area contributed by atoms with Gasteiger partial charge in [-0.25, -0.2) is 14.2 Å². The number of nitrogens with one attached hydrogen (secondary N) is 1. The van der Waals surface area contributed by atoms with Crippen LogP contribution in [0.4, 0.5) is 10.1 Å². The number of nitrogens with zero attached hydrogens (tertiary/aromatic N) is 3. The van der Waals surface area contributed by atoms with Crippen molar-refractivity contribution in [2.45, 2.75) is 20.0 Å². The first-order valence-corrected chi connectivity index (χ1v) is 9.62. The number of halogens is 1. The van der Waals surface area contributed by atoms with E-state index in [0.717, 1.165) is 15.7 Å². The summed E-state index contributed by atoms with van der Waals surface area (Å²) in [5, 5.41) is 2.57. The highest BCUT2D eigenvalue weighted by molar-refractivity contribution is 5.91. The molecule has 4 aromatic rings. The summed E-state index contributed by atoms with van der Waals surface area (Å²) >= 11 is 0. The van der Waals surface area contributed by atoms with E-state index in [0.29, 0.717) is 0 Å². The molecule has 4 rings (SSSR count). The van der Waals surface area contributed by atoms with E-state index >= 15 is 0 Å². The molecule has 2 aromatic heterocycles. The standard InChI is InChI=1S/C23H19FN4O3/c1-15-7-9-16(10-8-15)13-28-22(30)21-19(6-3-11-25-21)27(23(28)31)14-20(29)26-18-5-2-4-17(24)12-18/h2-12H,13-14H2,1H3,(H,26,29). The van der Waals surface area contributed by atoms with Gasteiger partial charge in [0.2, 0.25) is 5.91 Å². The molecule has 156 valence electrons. The Hall–Kier alpha value is -4.07. The average molecular weight is 418 g/mol. The van der Waals surface area contributed by atoms with Crippen LogP contribution in [0.15, 0.2) is 76.4 Å². The Morgan fingerprint density at radius 1 is 1.03 bits per heavy atom. The van der Waals surface area contributed by atoms with E-state index in [1.807, 2.05) is 31.2 Å². The van der Waals surface area contributed by atoms with Crippen molar-refractivity contribution in [3.05, 3.63) is 105 Å². The van der Waals surface area contributed by atoms with E-state index in [4.69, 9.17) is 0 Å². The highest BCUT2D eigenvalue weighted by atomic mass is 19.1. The smallest absolute Gasteiger partial charge is 0.324 e. The molecule has 0 fully saturated rings. The second kappa shape index (κ2) is 8.35. The fourth-order valence-electron chi connectivity index (χ4n) is 3.32. The molecule has 1 amide bonds. The maximum atomic E-state index is 13.4. The molecule has 0 aliphatic rings. The Morgan fingerprint density at radius 3 is 2.55 bits per heavy atom. The van der Waals surface area contributed by atoms with E-state index in [2.05, 4.69) is 10.3 Å². The zero-order valence-corrected chi connectivity index (χ0v) is 16.7. The summed E-state index contributed by atoms with van der Waals surface area (Å²) in [5.74, 6) is -1.02. The van der Waals surface area contributed by atoms with Crippen LogP contribution in [0.1, 0.15) is 11.1 Å². The molecule has 0 atom stereocenters. The summed E-state index contributed by atoms with van der Waals surface area (Å²) in [7, 11) is 0. The van der Waals surface area contributed by atoms with Crippen molar-refractivity contribution in [3.8, 4) is 0 Å². The SMILES string of the molecule is Cc1ccc(Cn2c(=O)c3ncccc3n(CC(=O)Nc3cccc(F)c3)c2=O)cc1. The number of hydrogen-bond donors (Lipinski definition) is 1. The quantitative estimate of drug-likeness (QED) is 0.540. The minimum atomic E-state index is -0.625. The van der Waals surface area contributed by atoms with Gasteiger partial charge in [-0.2, -0.15) is 0 Å². The summed E-state index contributed by atoms with van der Waals surface area (Å²) < 4.78 is 15.7. The summed E-state index contributed by atoms with van der Waals surface area (Å²) in [4.78, 5) is 42.8. The number of aryl methyl sites for hydroxylation is 1. The number of aromatic nitrogens is 3. The van der Waals surface area contributed by atoms with Gasteiger partial charge in [-0.05, 0) is 42.8 Å². The van der Waals surface area contributed by atoms with Crippen molar-refractivity contribution >= 4 is 22.6 Å². The fraction of sp³-hybridized carbons (Fsp3) is 0.130. The van der Waals surface area contributed by atoms with Crippen molar-refractivity contribution in [3.63, 3.8) is 0 Å². The van der Waals surface area contributed by atoms with Gasteiger partial charge in [0, 0.05) is 11.9 Å². The molecule has 0 unspecified atom stereocenters. The third kappa shape index (κ3) is 4.28. The van der Waals surface area contributed by atoms with Crippen LogP contribution in [0.25, 0.3) is 11.0 Å². The second-order valence-electron chi connectivity index (χ2n) is 7.18. The predicted molar refractivity (Wildman–Crippen MR) is 116 cm³/mol. The molecule has 0 saturated carbocycles. The number of anilines is 1. The van der Waals surface area contributed by atoms with Crippen LogP contribution < -0.4 is 16.6 Å². The molecular formula is C23H19FN4O3. The average Bonchev–Trinajstić information content (AvgIpc) is 2.75. The molecule has 0 bridgehead atoms. The van der Waals surface area contributed by atoms with Crippen molar-refractivity contribution in [1.29, 1.82) is 0 Å². The van der Waals surface area contributed by atoms with E-state index in [1.165, 1.54) is 29.0 Å². The number of amides is 1. The van der Waals surface area contributed by atoms with Crippen LogP contribution in [-0.4, -0.2) is 20.0 Å². The Balaban J connectivity index is 1.75. The van der Waals surface area contributed by atoms with Gasteiger partial charge in [0.15, 0.2) is 5.52 Å². The van der Waals surface area contributed by atoms with E-state index in [1.54, 1.807) is 18.2 Å². The maximum absolute atomic E-state index is 13.4. The van der Waals surface area contributed by atoms with Crippen LogP contribution in [-0.2, 0) is 17.9 Å². The highest BCUT2D eigenvalue weighted by Gasteiger charge is 2.16. The molecule has 7 nitrogen and oxygen atoms in total. The molecule has 0 aliphatic carbocycles. The third-order valence-corrected chi connectivity index (χ3v) is 4.86. The highest BCUT2D eigenvalue weighted by Crippen LogP contribution is 2.11. The topological polar surface area (TPSA) is 86.0 Å². The van der Waals surface area contributed by atoms with Gasteiger partial charge < -0.3 is 5.32 Å². The fourth-order valence-corrected chi connectivity index (χ4v) is 3.32. The van der Waals surface area contributed by atoms with Crippen LogP contribution in [0.2, 0.25) is 0 Å². The number of hydrogen-bond acceptors (Lipinski definition) is 4. The number of rotatable bonds is 5. The Bertz CT molecular complexity index is 1390. The van der Waals surface area contributed by atoms with Crippen molar-refractivity contribution < 1.29 is 9.18 Å². The first-order valence-electron chi connectivity index (χ1n) is 9.62. The molecule has 0 aliphatic heterocycles. The molecule has 0 saturated heterocycles. The number of carbonyl (C=O) groups is 1. The van der Waals surface area contributed by atoms with E-state index < -0.39 is 23.0 Å². The van der Waals surface area contributed by atoms with Gasteiger partial charge in [0.05, 0.1) is 12.1 Å². The summed E-state index contributed by atoms with van der Waals surface area (Å²) in [6.45, 7) is 1.64. The van der Waals surface area contributed by atoms with E-state index in [9.17, 15) is 18.8 Å². The molecule has 2 aromatic carbocycles.